The second-order valence-corrected chi connectivity index (χ2v) is 5.60. The lowest BCUT2D eigenvalue weighted by atomic mass is 10.1. The molecule has 0 aliphatic rings. The summed E-state index contributed by atoms with van der Waals surface area (Å²) in [5.74, 6) is 0. The van der Waals surface area contributed by atoms with Crippen LogP contribution in [-0.4, -0.2) is 30.0 Å². The van der Waals surface area contributed by atoms with E-state index < -0.39 is 0 Å². The molecule has 0 saturated heterocycles. The van der Waals surface area contributed by atoms with Gasteiger partial charge in [0, 0.05) is 20.2 Å². The normalized spacial score (nSPS) is 11.1. The number of hydrogen-bond acceptors (Lipinski definition) is 3. The number of rotatable bonds is 6. The highest BCUT2D eigenvalue weighted by Gasteiger charge is 2.16. The van der Waals surface area contributed by atoms with Gasteiger partial charge < -0.3 is 10.1 Å². The van der Waals surface area contributed by atoms with E-state index in [1.54, 1.807) is 7.11 Å². The van der Waals surface area contributed by atoms with Crippen molar-refractivity contribution in [2.45, 2.75) is 20.4 Å². The molecule has 4 nitrogen and oxygen atoms in total. The van der Waals surface area contributed by atoms with Crippen molar-refractivity contribution >= 4 is 23.2 Å². The Hall–Kier alpha value is -1.07. The van der Waals surface area contributed by atoms with E-state index in [1.807, 2.05) is 36.7 Å². The Morgan fingerprint density at radius 2 is 2.05 bits per heavy atom. The summed E-state index contributed by atoms with van der Waals surface area (Å²) in [5, 5.41) is 9.15. The van der Waals surface area contributed by atoms with Crippen LogP contribution < -0.4 is 5.32 Å². The number of nitrogens with one attached hydrogen (secondary N) is 1. The highest BCUT2D eigenvalue weighted by atomic mass is 35.5. The maximum Gasteiger partial charge on any atom is 0.0880 e. The third kappa shape index (κ3) is 3.58. The number of para-hydroxylation sites is 1. The van der Waals surface area contributed by atoms with Crippen molar-refractivity contribution in [1.82, 2.24) is 15.1 Å². The molecule has 1 heterocycles. The number of aryl methyl sites for hydroxylation is 1. The number of halogens is 2. The van der Waals surface area contributed by atoms with Crippen LogP contribution in [0.5, 0.6) is 0 Å². The molecule has 0 saturated carbocycles. The first-order valence-electron chi connectivity index (χ1n) is 6.75. The summed E-state index contributed by atoms with van der Waals surface area (Å²) in [6.45, 7) is 5.96. The highest BCUT2D eigenvalue weighted by Crippen LogP contribution is 2.29. The standard InChI is InChI=1S/C15H19Cl2N3O/c1-10-14(17)11(2)20(19-10)15-12(5-4-6-13(15)16)9-18-7-8-21-3/h4-6,18H,7-9H2,1-3H3. The average molecular weight is 328 g/mol. The number of methoxy groups -OCH3 is 1. The molecule has 0 fully saturated rings. The van der Waals surface area contributed by atoms with Crippen LogP contribution in [0, 0.1) is 13.8 Å². The third-order valence-corrected chi connectivity index (χ3v) is 4.14. The van der Waals surface area contributed by atoms with Crippen molar-refractivity contribution in [2.75, 3.05) is 20.3 Å². The maximum absolute atomic E-state index is 6.38. The van der Waals surface area contributed by atoms with Gasteiger partial charge >= 0.3 is 0 Å². The summed E-state index contributed by atoms with van der Waals surface area (Å²) < 4.78 is 6.85. The van der Waals surface area contributed by atoms with Gasteiger partial charge in [0.05, 0.1) is 33.7 Å². The summed E-state index contributed by atoms with van der Waals surface area (Å²) in [6.07, 6.45) is 0. The van der Waals surface area contributed by atoms with Crippen LogP contribution in [0.4, 0.5) is 0 Å². The van der Waals surface area contributed by atoms with E-state index in [1.165, 1.54) is 0 Å². The Labute approximate surface area is 135 Å². The first-order valence-corrected chi connectivity index (χ1v) is 7.51. The van der Waals surface area contributed by atoms with Gasteiger partial charge in [0.1, 0.15) is 0 Å². The molecule has 1 N–H and O–H groups in total. The molecule has 1 aromatic heterocycles. The zero-order valence-corrected chi connectivity index (χ0v) is 13.9. The second-order valence-electron chi connectivity index (χ2n) is 4.81. The van der Waals surface area contributed by atoms with Crippen molar-refractivity contribution in [2.24, 2.45) is 0 Å². The van der Waals surface area contributed by atoms with E-state index in [9.17, 15) is 0 Å². The lowest BCUT2D eigenvalue weighted by Crippen LogP contribution is -2.20. The van der Waals surface area contributed by atoms with Crippen LogP contribution in [0.2, 0.25) is 10.0 Å². The van der Waals surface area contributed by atoms with Gasteiger partial charge in [-0.05, 0) is 25.5 Å². The van der Waals surface area contributed by atoms with Gasteiger partial charge in [-0.1, -0.05) is 35.3 Å². The summed E-state index contributed by atoms with van der Waals surface area (Å²) in [6, 6.07) is 5.83. The molecule has 0 bridgehead atoms. The quantitative estimate of drug-likeness (QED) is 0.825. The topological polar surface area (TPSA) is 39.1 Å². The molecular formula is C15H19Cl2N3O. The molecule has 21 heavy (non-hydrogen) atoms. The predicted octanol–water partition coefficient (Wildman–Crippen LogP) is 3.53. The zero-order chi connectivity index (χ0) is 15.4. The molecule has 0 amide bonds. The Bertz CT molecular complexity index is 626. The molecule has 0 atom stereocenters. The minimum absolute atomic E-state index is 0.656. The van der Waals surface area contributed by atoms with Gasteiger partial charge in [0.25, 0.3) is 0 Å². The Kier molecular flexibility index (Phi) is 5.65. The monoisotopic (exact) mass is 327 g/mol. The minimum atomic E-state index is 0.656. The Morgan fingerprint density at radius 1 is 1.29 bits per heavy atom. The van der Waals surface area contributed by atoms with Gasteiger partial charge in [-0.2, -0.15) is 5.10 Å². The molecule has 0 aliphatic heterocycles. The van der Waals surface area contributed by atoms with Gasteiger partial charge in [0.15, 0.2) is 0 Å². The summed E-state index contributed by atoms with van der Waals surface area (Å²) in [4.78, 5) is 0. The highest BCUT2D eigenvalue weighted by molar-refractivity contribution is 6.33. The van der Waals surface area contributed by atoms with Crippen LogP contribution in [0.25, 0.3) is 5.69 Å². The Balaban J connectivity index is 2.35. The molecule has 2 rings (SSSR count). The number of hydrogen-bond donors (Lipinski definition) is 1. The molecule has 0 spiro atoms. The third-order valence-electron chi connectivity index (χ3n) is 3.28. The number of ether oxygens (including phenoxy) is 1. The van der Waals surface area contributed by atoms with E-state index in [4.69, 9.17) is 27.9 Å². The molecule has 0 radical (unpaired) electrons. The second kappa shape index (κ2) is 7.27. The zero-order valence-electron chi connectivity index (χ0n) is 12.4. The van der Waals surface area contributed by atoms with Crippen molar-refractivity contribution < 1.29 is 4.74 Å². The van der Waals surface area contributed by atoms with E-state index in [0.29, 0.717) is 23.2 Å². The molecule has 0 unspecified atom stereocenters. The van der Waals surface area contributed by atoms with Crippen LogP contribution in [0.3, 0.4) is 0 Å². The van der Waals surface area contributed by atoms with Crippen LogP contribution in [-0.2, 0) is 11.3 Å². The Morgan fingerprint density at radius 3 is 2.67 bits per heavy atom. The minimum Gasteiger partial charge on any atom is -0.383 e. The number of aromatic nitrogens is 2. The van der Waals surface area contributed by atoms with Crippen LogP contribution in [0.15, 0.2) is 18.2 Å². The molecule has 2 aromatic rings. The smallest absolute Gasteiger partial charge is 0.0880 e. The van der Waals surface area contributed by atoms with E-state index in [-0.39, 0.29) is 0 Å². The van der Waals surface area contributed by atoms with Gasteiger partial charge in [-0.3, -0.25) is 0 Å². The largest absolute Gasteiger partial charge is 0.383 e. The fraction of sp³-hybridized carbons (Fsp3) is 0.400. The number of nitrogens with zero attached hydrogens (tertiary/aromatic N) is 2. The van der Waals surface area contributed by atoms with E-state index in [0.717, 1.165) is 29.2 Å². The predicted molar refractivity (Wildman–Crippen MR) is 86.6 cm³/mol. The SMILES string of the molecule is COCCNCc1cccc(Cl)c1-n1nc(C)c(Cl)c1C. The maximum atomic E-state index is 6.38. The van der Waals surface area contributed by atoms with Gasteiger partial charge in [-0.15, -0.1) is 0 Å². The van der Waals surface area contributed by atoms with Crippen molar-refractivity contribution in [3.8, 4) is 5.69 Å². The van der Waals surface area contributed by atoms with Crippen molar-refractivity contribution in [1.29, 1.82) is 0 Å². The molecular weight excluding hydrogens is 309 g/mol. The first-order chi connectivity index (χ1) is 10.1. The lowest BCUT2D eigenvalue weighted by molar-refractivity contribution is 0.199. The van der Waals surface area contributed by atoms with E-state index in [2.05, 4.69) is 10.4 Å². The lowest BCUT2D eigenvalue weighted by Gasteiger charge is -2.14. The van der Waals surface area contributed by atoms with E-state index >= 15 is 0 Å². The van der Waals surface area contributed by atoms with Gasteiger partial charge in [-0.25, -0.2) is 4.68 Å². The van der Waals surface area contributed by atoms with Crippen LogP contribution in [0.1, 0.15) is 17.0 Å². The summed E-state index contributed by atoms with van der Waals surface area (Å²) in [5.41, 5.74) is 3.63. The van der Waals surface area contributed by atoms with Crippen LogP contribution >= 0.6 is 23.2 Å². The fourth-order valence-corrected chi connectivity index (χ4v) is 2.57. The number of benzene rings is 1. The molecule has 114 valence electrons. The fourth-order valence-electron chi connectivity index (χ4n) is 2.18. The molecule has 0 aliphatic carbocycles. The molecule has 1 aromatic carbocycles. The van der Waals surface area contributed by atoms with Crippen molar-refractivity contribution in [3.05, 3.63) is 45.2 Å². The summed E-state index contributed by atoms with van der Waals surface area (Å²) >= 11 is 12.6. The van der Waals surface area contributed by atoms with Gasteiger partial charge in [0.2, 0.25) is 0 Å². The summed E-state index contributed by atoms with van der Waals surface area (Å²) in [7, 11) is 1.68. The molecule has 6 heteroatoms. The van der Waals surface area contributed by atoms with Crippen molar-refractivity contribution in [3.63, 3.8) is 0 Å². The first kappa shape index (κ1) is 16.3. The average Bonchev–Trinajstić information content (AvgIpc) is 2.71.